The minimum atomic E-state index is -0.148. The minimum Gasteiger partial charge on any atom is -0.299 e. The van der Waals surface area contributed by atoms with Gasteiger partial charge in [0.2, 0.25) is 0 Å². The Labute approximate surface area is 114 Å². The Morgan fingerprint density at radius 3 is 2.05 bits per heavy atom. The van der Waals surface area contributed by atoms with E-state index in [1.807, 2.05) is 60.7 Å². The van der Waals surface area contributed by atoms with Gasteiger partial charge in [-0.3, -0.25) is 4.79 Å². The lowest BCUT2D eigenvalue weighted by atomic mass is 9.86. The van der Waals surface area contributed by atoms with Crippen LogP contribution in [-0.4, -0.2) is 5.78 Å². The van der Waals surface area contributed by atoms with E-state index in [9.17, 15) is 4.79 Å². The molecule has 0 aliphatic rings. The average Bonchev–Trinajstić information content (AvgIpc) is 2.46. The molecule has 0 bridgehead atoms. The second-order valence-electron chi connectivity index (χ2n) is 4.74. The maximum atomic E-state index is 11.9. The van der Waals surface area contributed by atoms with E-state index in [2.05, 4.69) is 6.58 Å². The summed E-state index contributed by atoms with van der Waals surface area (Å²) in [6.45, 7) is 5.76. The number of hydrogen-bond donors (Lipinski definition) is 0. The fraction of sp³-hybridized carbons (Fsp3) is 0.167. The fourth-order valence-corrected chi connectivity index (χ4v) is 2.22. The molecule has 1 unspecified atom stereocenters. The summed E-state index contributed by atoms with van der Waals surface area (Å²) in [5.41, 5.74) is 3.11. The summed E-state index contributed by atoms with van der Waals surface area (Å²) in [5, 5.41) is 0. The second-order valence-corrected chi connectivity index (χ2v) is 4.74. The molecule has 0 aliphatic heterocycles. The monoisotopic (exact) mass is 250 g/mol. The van der Waals surface area contributed by atoms with Crippen LogP contribution in [0.3, 0.4) is 0 Å². The maximum Gasteiger partial charge on any atom is 0.137 e. The fourth-order valence-electron chi connectivity index (χ4n) is 2.22. The van der Waals surface area contributed by atoms with E-state index in [1.165, 1.54) is 5.56 Å². The highest BCUT2D eigenvalue weighted by molar-refractivity contribution is 5.91. The molecule has 1 heteroatoms. The van der Waals surface area contributed by atoms with Crippen LogP contribution < -0.4 is 0 Å². The highest BCUT2D eigenvalue weighted by Crippen LogP contribution is 2.25. The van der Waals surface area contributed by atoms with Crippen molar-refractivity contribution in [2.24, 2.45) is 5.92 Å². The third-order valence-corrected chi connectivity index (χ3v) is 3.34. The quantitative estimate of drug-likeness (QED) is 0.779. The van der Waals surface area contributed by atoms with Gasteiger partial charge in [-0.2, -0.15) is 0 Å². The summed E-state index contributed by atoms with van der Waals surface area (Å²) >= 11 is 0. The topological polar surface area (TPSA) is 17.1 Å². The molecule has 0 amide bonds. The van der Waals surface area contributed by atoms with Gasteiger partial charge in [0.15, 0.2) is 0 Å². The second kappa shape index (κ2) is 6.14. The van der Waals surface area contributed by atoms with E-state index in [0.29, 0.717) is 6.42 Å². The van der Waals surface area contributed by atoms with Gasteiger partial charge in [-0.05, 0) is 30.0 Å². The molecule has 0 aliphatic carbocycles. The van der Waals surface area contributed by atoms with Gasteiger partial charge in [-0.15, -0.1) is 0 Å². The van der Waals surface area contributed by atoms with Crippen LogP contribution in [0, 0.1) is 5.92 Å². The van der Waals surface area contributed by atoms with Crippen LogP contribution in [0.25, 0.3) is 5.57 Å². The molecule has 0 spiro atoms. The summed E-state index contributed by atoms with van der Waals surface area (Å²) in [5.74, 6) is 0.0162. The average molecular weight is 250 g/mol. The molecule has 96 valence electrons. The lowest BCUT2D eigenvalue weighted by Crippen LogP contribution is -2.15. The van der Waals surface area contributed by atoms with Crippen LogP contribution in [0.5, 0.6) is 0 Å². The summed E-state index contributed by atoms with van der Waals surface area (Å²) in [4.78, 5) is 11.9. The largest absolute Gasteiger partial charge is 0.299 e. The third-order valence-electron chi connectivity index (χ3n) is 3.34. The van der Waals surface area contributed by atoms with E-state index in [1.54, 1.807) is 6.92 Å². The van der Waals surface area contributed by atoms with Gasteiger partial charge in [0.1, 0.15) is 5.78 Å². The van der Waals surface area contributed by atoms with Crippen molar-refractivity contribution in [1.82, 2.24) is 0 Å². The van der Waals surface area contributed by atoms with Gasteiger partial charge >= 0.3 is 0 Å². The Balaban J connectivity index is 2.22. The predicted octanol–water partition coefficient (Wildman–Crippen LogP) is 4.15. The number of rotatable bonds is 5. The highest BCUT2D eigenvalue weighted by Gasteiger charge is 2.19. The molecule has 0 N–H and O–H groups in total. The summed E-state index contributed by atoms with van der Waals surface area (Å²) < 4.78 is 0. The van der Waals surface area contributed by atoms with Crippen LogP contribution in [-0.2, 0) is 11.2 Å². The molecule has 0 saturated carbocycles. The summed E-state index contributed by atoms with van der Waals surface area (Å²) in [6, 6.07) is 20.0. The molecule has 0 heterocycles. The van der Waals surface area contributed by atoms with Gasteiger partial charge < -0.3 is 0 Å². The van der Waals surface area contributed by atoms with E-state index >= 15 is 0 Å². The molecule has 0 fully saturated rings. The Morgan fingerprint density at radius 2 is 1.53 bits per heavy atom. The van der Waals surface area contributed by atoms with Crippen LogP contribution in [0.2, 0.25) is 0 Å². The number of carbonyl (C=O) groups excluding carboxylic acids is 1. The molecular formula is C18H18O. The first-order chi connectivity index (χ1) is 9.18. The zero-order chi connectivity index (χ0) is 13.7. The van der Waals surface area contributed by atoms with Gasteiger partial charge in [-0.1, -0.05) is 67.2 Å². The van der Waals surface area contributed by atoms with Crippen LogP contribution >= 0.6 is 0 Å². The normalized spacial score (nSPS) is 11.8. The van der Waals surface area contributed by atoms with E-state index in [0.717, 1.165) is 11.1 Å². The SMILES string of the molecule is C=C(c1ccccc1)C(Cc1ccccc1)C(C)=O. The number of benzene rings is 2. The first-order valence-electron chi connectivity index (χ1n) is 6.47. The molecule has 1 nitrogen and oxygen atoms in total. The summed E-state index contributed by atoms with van der Waals surface area (Å²) in [7, 11) is 0. The first-order valence-corrected chi connectivity index (χ1v) is 6.47. The molecule has 2 aromatic carbocycles. The van der Waals surface area contributed by atoms with Gasteiger partial charge in [0.05, 0.1) is 0 Å². The van der Waals surface area contributed by atoms with Crippen molar-refractivity contribution in [3.63, 3.8) is 0 Å². The van der Waals surface area contributed by atoms with Crippen molar-refractivity contribution < 1.29 is 4.79 Å². The van der Waals surface area contributed by atoms with Gasteiger partial charge in [0.25, 0.3) is 0 Å². The van der Waals surface area contributed by atoms with Crippen molar-refractivity contribution in [2.45, 2.75) is 13.3 Å². The minimum absolute atomic E-state index is 0.148. The first kappa shape index (κ1) is 13.3. The highest BCUT2D eigenvalue weighted by atomic mass is 16.1. The number of allylic oxidation sites excluding steroid dienone is 1. The Kier molecular flexibility index (Phi) is 4.30. The van der Waals surface area contributed by atoms with Gasteiger partial charge in [-0.25, -0.2) is 0 Å². The molecule has 2 aromatic rings. The number of carbonyl (C=O) groups is 1. The molecule has 1 atom stereocenters. The maximum absolute atomic E-state index is 11.9. The summed E-state index contributed by atoms with van der Waals surface area (Å²) in [6.07, 6.45) is 0.712. The molecule has 19 heavy (non-hydrogen) atoms. The lowest BCUT2D eigenvalue weighted by molar-refractivity contribution is -0.119. The van der Waals surface area contributed by atoms with Crippen molar-refractivity contribution in [1.29, 1.82) is 0 Å². The molecule has 2 rings (SSSR count). The third kappa shape index (κ3) is 3.41. The van der Waals surface area contributed by atoms with Gasteiger partial charge in [0, 0.05) is 5.92 Å². The molecule has 0 saturated heterocycles. The number of hydrogen-bond acceptors (Lipinski definition) is 1. The predicted molar refractivity (Wildman–Crippen MR) is 79.8 cm³/mol. The van der Waals surface area contributed by atoms with Crippen molar-refractivity contribution in [2.75, 3.05) is 0 Å². The smallest absolute Gasteiger partial charge is 0.137 e. The Bertz CT molecular complexity index is 555. The van der Waals surface area contributed by atoms with Crippen LogP contribution in [0.4, 0.5) is 0 Å². The van der Waals surface area contributed by atoms with Crippen molar-refractivity contribution in [3.05, 3.63) is 78.4 Å². The van der Waals surface area contributed by atoms with Crippen molar-refractivity contribution >= 4 is 11.4 Å². The Hall–Kier alpha value is -2.15. The molecular weight excluding hydrogens is 232 g/mol. The van der Waals surface area contributed by atoms with Crippen molar-refractivity contribution in [3.8, 4) is 0 Å². The molecule has 0 radical (unpaired) electrons. The molecule has 0 aromatic heterocycles. The van der Waals surface area contributed by atoms with E-state index < -0.39 is 0 Å². The number of Topliss-reactive ketones (excluding diaryl/α,β-unsaturated/α-hetero) is 1. The van der Waals surface area contributed by atoms with E-state index in [-0.39, 0.29) is 11.7 Å². The lowest BCUT2D eigenvalue weighted by Gasteiger charge is -2.17. The zero-order valence-corrected chi connectivity index (χ0v) is 11.2. The van der Waals surface area contributed by atoms with E-state index in [4.69, 9.17) is 0 Å². The Morgan fingerprint density at radius 1 is 1.00 bits per heavy atom. The number of ketones is 1. The zero-order valence-electron chi connectivity index (χ0n) is 11.2. The van der Waals surface area contributed by atoms with Crippen LogP contribution in [0.15, 0.2) is 67.2 Å². The van der Waals surface area contributed by atoms with Crippen LogP contribution in [0.1, 0.15) is 18.1 Å². The standard InChI is InChI=1S/C18H18O/c1-14(17-11-7-4-8-12-17)18(15(2)19)13-16-9-5-3-6-10-16/h3-12,18H,1,13H2,2H3.